The van der Waals surface area contributed by atoms with Crippen molar-refractivity contribution in [1.29, 1.82) is 0 Å². The van der Waals surface area contributed by atoms with Gasteiger partial charge >= 0.3 is 5.63 Å². The van der Waals surface area contributed by atoms with Gasteiger partial charge in [-0.05, 0) is 62.1 Å². The average Bonchev–Trinajstić information content (AvgIpc) is 2.72. The fourth-order valence-electron chi connectivity index (χ4n) is 3.25. The minimum absolute atomic E-state index is 0.127. The Morgan fingerprint density at radius 1 is 1.23 bits per heavy atom. The van der Waals surface area contributed by atoms with Gasteiger partial charge < -0.3 is 14.5 Å². The van der Waals surface area contributed by atoms with Gasteiger partial charge in [-0.2, -0.15) is 0 Å². The Balaban J connectivity index is 1.74. The lowest BCUT2D eigenvalue weighted by Crippen LogP contribution is -2.24. The van der Waals surface area contributed by atoms with Gasteiger partial charge in [-0.15, -0.1) is 0 Å². The molecule has 0 atom stereocenters. The highest BCUT2D eigenvalue weighted by atomic mass is 16.5. The van der Waals surface area contributed by atoms with Crippen LogP contribution in [-0.4, -0.2) is 17.5 Å². The number of pyridine rings is 1. The van der Waals surface area contributed by atoms with Crippen molar-refractivity contribution in [3.05, 3.63) is 81.5 Å². The number of nitrogens with zero attached hydrogens (tertiary/aromatic N) is 1. The number of aryl methyl sites for hydroxylation is 2. The molecule has 156 valence electrons. The summed E-state index contributed by atoms with van der Waals surface area (Å²) in [6, 6.07) is 7.48. The predicted molar refractivity (Wildman–Crippen MR) is 117 cm³/mol. The lowest BCUT2D eigenvalue weighted by molar-refractivity contribution is -0.121. The maximum Gasteiger partial charge on any atom is 0.339 e. The van der Waals surface area contributed by atoms with Crippen molar-refractivity contribution in [2.24, 2.45) is 0 Å². The van der Waals surface area contributed by atoms with Gasteiger partial charge in [-0.25, -0.2) is 4.79 Å². The molecule has 0 saturated carbocycles. The fraction of sp³-hybridized carbons (Fsp3) is 0.292. The van der Waals surface area contributed by atoms with Crippen LogP contribution >= 0.6 is 0 Å². The van der Waals surface area contributed by atoms with Gasteiger partial charge in [-0.3, -0.25) is 9.78 Å². The molecule has 0 aliphatic carbocycles. The molecule has 0 spiro atoms. The summed E-state index contributed by atoms with van der Waals surface area (Å²) in [4.78, 5) is 28.9. The van der Waals surface area contributed by atoms with Crippen molar-refractivity contribution in [3.8, 4) is 5.75 Å². The zero-order valence-electron chi connectivity index (χ0n) is 17.6. The minimum atomic E-state index is -0.416. The topological polar surface area (TPSA) is 81.4 Å². The second-order valence-corrected chi connectivity index (χ2v) is 7.44. The van der Waals surface area contributed by atoms with Gasteiger partial charge in [0.1, 0.15) is 17.9 Å². The largest absolute Gasteiger partial charge is 0.489 e. The van der Waals surface area contributed by atoms with E-state index < -0.39 is 5.63 Å². The highest BCUT2D eigenvalue weighted by Crippen LogP contribution is 2.29. The monoisotopic (exact) mass is 406 g/mol. The number of aromatic nitrogens is 1. The van der Waals surface area contributed by atoms with E-state index in [2.05, 4.69) is 16.9 Å². The SMILES string of the molecule is C=C(C)COc1ccc2c(C)c(CCC(=O)NCc3cccnc3)c(=O)oc2c1C. The van der Waals surface area contributed by atoms with Crippen LogP contribution in [0.4, 0.5) is 0 Å². The van der Waals surface area contributed by atoms with Gasteiger partial charge in [0.25, 0.3) is 0 Å². The first kappa shape index (κ1) is 21.3. The summed E-state index contributed by atoms with van der Waals surface area (Å²) in [5.41, 5.74) is 4.05. The molecule has 0 saturated heterocycles. The minimum Gasteiger partial charge on any atom is -0.489 e. The number of rotatable bonds is 8. The number of amides is 1. The van der Waals surface area contributed by atoms with Gasteiger partial charge in [0.2, 0.25) is 5.91 Å². The first-order valence-electron chi connectivity index (χ1n) is 9.85. The number of carbonyl (C=O) groups excluding carboxylic acids is 1. The van der Waals surface area contributed by atoms with Crippen LogP contribution in [0.15, 0.2) is 58.0 Å². The Labute approximate surface area is 175 Å². The molecular formula is C24H26N2O4. The van der Waals surface area contributed by atoms with Gasteiger partial charge in [0, 0.05) is 41.9 Å². The van der Waals surface area contributed by atoms with Crippen molar-refractivity contribution in [1.82, 2.24) is 10.3 Å². The summed E-state index contributed by atoms with van der Waals surface area (Å²) in [5.74, 6) is 0.535. The maximum atomic E-state index is 12.6. The zero-order chi connectivity index (χ0) is 21.7. The normalized spacial score (nSPS) is 10.8. The molecule has 0 radical (unpaired) electrons. The van der Waals surface area contributed by atoms with Crippen LogP contribution in [0.25, 0.3) is 11.0 Å². The predicted octanol–water partition coefficient (Wildman–Crippen LogP) is 4.01. The third kappa shape index (κ3) is 4.95. The molecule has 0 fully saturated rings. The van der Waals surface area contributed by atoms with E-state index in [9.17, 15) is 9.59 Å². The molecule has 1 amide bonds. The summed E-state index contributed by atoms with van der Waals surface area (Å²) < 4.78 is 11.4. The van der Waals surface area contributed by atoms with Gasteiger partial charge in [-0.1, -0.05) is 12.6 Å². The van der Waals surface area contributed by atoms with Crippen LogP contribution in [0.3, 0.4) is 0 Å². The first-order chi connectivity index (χ1) is 14.4. The zero-order valence-corrected chi connectivity index (χ0v) is 17.6. The number of ether oxygens (including phenoxy) is 1. The lowest BCUT2D eigenvalue weighted by Gasteiger charge is -2.13. The molecule has 3 aromatic rings. The second-order valence-electron chi connectivity index (χ2n) is 7.44. The van der Waals surface area contributed by atoms with Crippen molar-refractivity contribution >= 4 is 16.9 Å². The molecule has 2 aromatic heterocycles. The van der Waals surface area contributed by atoms with Gasteiger partial charge in [0.15, 0.2) is 0 Å². The Bertz CT molecular complexity index is 1130. The van der Waals surface area contributed by atoms with Crippen LogP contribution in [-0.2, 0) is 17.8 Å². The van der Waals surface area contributed by atoms with Gasteiger partial charge in [0.05, 0.1) is 0 Å². The third-order valence-corrected chi connectivity index (χ3v) is 4.94. The Morgan fingerprint density at radius 3 is 2.73 bits per heavy atom. The van der Waals surface area contributed by atoms with E-state index in [1.807, 2.05) is 45.0 Å². The summed E-state index contributed by atoms with van der Waals surface area (Å²) in [7, 11) is 0. The molecule has 6 heteroatoms. The van der Waals surface area contributed by atoms with E-state index in [1.165, 1.54) is 0 Å². The van der Waals surface area contributed by atoms with E-state index in [0.29, 0.717) is 36.5 Å². The molecule has 0 aliphatic heterocycles. The summed E-state index contributed by atoms with van der Waals surface area (Å²) in [6.07, 6.45) is 3.91. The number of benzene rings is 1. The van der Waals surface area contributed by atoms with E-state index in [1.54, 1.807) is 12.4 Å². The number of hydrogen-bond acceptors (Lipinski definition) is 5. The molecule has 0 bridgehead atoms. The highest BCUT2D eigenvalue weighted by molar-refractivity contribution is 5.85. The van der Waals surface area contributed by atoms with Crippen LogP contribution in [0.1, 0.15) is 35.6 Å². The van der Waals surface area contributed by atoms with Crippen molar-refractivity contribution in [2.75, 3.05) is 6.61 Å². The molecule has 0 aliphatic rings. The Hall–Kier alpha value is -3.41. The molecule has 6 nitrogen and oxygen atoms in total. The van der Waals surface area contributed by atoms with Crippen LogP contribution in [0.5, 0.6) is 5.75 Å². The highest BCUT2D eigenvalue weighted by Gasteiger charge is 2.16. The van der Waals surface area contributed by atoms with E-state index in [-0.39, 0.29) is 12.3 Å². The average molecular weight is 406 g/mol. The standard InChI is InChI=1S/C24H26N2O4/c1-15(2)14-29-21-9-7-19-16(3)20(24(28)30-23(19)17(21)4)8-10-22(27)26-13-18-6-5-11-25-12-18/h5-7,9,11-12H,1,8,10,13-14H2,2-4H3,(H,26,27). The maximum absolute atomic E-state index is 12.6. The first-order valence-corrected chi connectivity index (χ1v) is 9.85. The molecule has 0 unspecified atom stereocenters. The molecule has 3 rings (SSSR count). The molecule has 30 heavy (non-hydrogen) atoms. The molecule has 2 heterocycles. The van der Waals surface area contributed by atoms with Crippen molar-refractivity contribution < 1.29 is 13.9 Å². The van der Waals surface area contributed by atoms with E-state index in [0.717, 1.165) is 27.6 Å². The molecular weight excluding hydrogens is 380 g/mol. The van der Waals surface area contributed by atoms with Crippen LogP contribution in [0, 0.1) is 13.8 Å². The van der Waals surface area contributed by atoms with Crippen LogP contribution < -0.4 is 15.7 Å². The summed E-state index contributed by atoms with van der Waals surface area (Å²) in [5, 5.41) is 3.70. The Morgan fingerprint density at radius 2 is 2.03 bits per heavy atom. The Kier molecular flexibility index (Phi) is 6.67. The number of carbonyl (C=O) groups is 1. The van der Waals surface area contributed by atoms with E-state index >= 15 is 0 Å². The second kappa shape index (κ2) is 9.39. The fourth-order valence-corrected chi connectivity index (χ4v) is 3.25. The number of nitrogens with one attached hydrogen (secondary N) is 1. The quantitative estimate of drug-likeness (QED) is 0.452. The number of hydrogen-bond donors (Lipinski definition) is 1. The lowest BCUT2D eigenvalue weighted by atomic mass is 10.00. The smallest absolute Gasteiger partial charge is 0.339 e. The molecule has 1 N–H and O–H groups in total. The van der Waals surface area contributed by atoms with Crippen molar-refractivity contribution in [2.45, 2.75) is 40.2 Å². The third-order valence-electron chi connectivity index (χ3n) is 4.94. The summed E-state index contributed by atoms with van der Waals surface area (Å²) >= 11 is 0. The van der Waals surface area contributed by atoms with Crippen molar-refractivity contribution in [3.63, 3.8) is 0 Å². The van der Waals surface area contributed by atoms with E-state index in [4.69, 9.17) is 9.15 Å². The summed E-state index contributed by atoms with van der Waals surface area (Å²) in [6.45, 7) is 10.3. The van der Waals surface area contributed by atoms with Crippen LogP contribution in [0.2, 0.25) is 0 Å². The number of fused-ring (bicyclic) bond motifs is 1. The molecule has 1 aromatic carbocycles.